The molecule has 0 aliphatic carbocycles. The molecule has 9 rings (SSSR count). The standard InChI is InChI=1S/C80H104ClN19O17S2/c1-48(2)35-61(70(103)90-60(12-7-29-88-79(83)84)77(110)99-30-8-13-67(99)75(108)89-49(3)69(82)102)91-71(104)62(37-51-16-20-54(21-17-51)44-98(46-118(85,113)114)47-119(86,115)116)92-72(105)63(38-50-14-18-53(19-15-50)43-97-31-33-117-34-32-97)93-74(107)66(45-101)95-73(106)64(40-56-9-6-28-87-42-56)94-76(109)68(41-52-23-26-59(81)27-24-52)100-78(111)65(96-80(100)112)39-55-22-25-57-10-4-5-11-58(57)36-55/h4-6,9-11,14-28,36,42,48-49,60-68,101H,7-8,12-13,29-35,37-41,43-47H2,1-3H3,(H2,82,102)(H,89,108)(H,90,103)(H,91,104)(H,92,105)(H,93,107)(H,94,109)(H,95,106)(H,96,112)(H4,83,84,88)(H2,85,113,114)(H2,86,115,116)/t49-,60+,61+,62-,63+,64-,65?,66+,67+,68?/m1/s1. The van der Waals surface area contributed by atoms with Crippen LogP contribution in [0, 0.1) is 11.3 Å². The molecule has 3 aliphatic heterocycles. The maximum absolute atomic E-state index is 15.6. The molecule has 39 heteroatoms. The van der Waals surface area contributed by atoms with Crippen LogP contribution < -0.4 is 69.6 Å². The van der Waals surface area contributed by atoms with Crippen molar-refractivity contribution in [3.8, 4) is 0 Å². The Bertz CT molecular complexity index is 4810. The maximum atomic E-state index is 15.6. The van der Waals surface area contributed by atoms with E-state index in [2.05, 4.69) is 57.7 Å². The smallest absolute Gasteiger partial charge is 0.325 e. The third kappa shape index (κ3) is 28.3. The number of aliphatic hydroxyl groups excluding tert-OH is 1. The number of halogens is 1. The Kier molecular flexibility index (Phi) is 33.2. The molecule has 10 atom stereocenters. The molecule has 2 unspecified atom stereocenters. The van der Waals surface area contributed by atoms with Gasteiger partial charge in [0.15, 0.2) is 5.96 Å². The van der Waals surface area contributed by atoms with E-state index in [4.69, 9.17) is 43.5 Å². The Morgan fingerprint density at radius 1 is 0.622 bits per heavy atom. The number of benzene rings is 5. The fourth-order valence-electron chi connectivity index (χ4n) is 14.3. The van der Waals surface area contributed by atoms with E-state index in [1.54, 1.807) is 62.4 Å². The SMILES string of the molecule is CC(C)C[C@H](NC(=O)[C@@H](Cc1ccc(CN(CS(N)(=O)=O)CS(N)(=O)=O)cc1)NC(=O)[C@H](Cc1ccc(CN2CCOCC2)cc1)NC(=O)[C@H](CO)NC(=O)[C@@H](Cc1cccnc1)NC(=O)C(Cc1ccc(Cl)cc1)N1C(=O)NC(Cc2ccc3ccccc3c2)C1=O)C(=O)N[C@@H](CCCNC(=N)N)C(=O)N1CCC[C@H]1C(=O)N[C@H](C)C(N)=O. The van der Waals surface area contributed by atoms with Gasteiger partial charge in [-0.3, -0.25) is 68.1 Å². The number of rotatable bonds is 42. The molecule has 1 aromatic heterocycles. The minimum absolute atomic E-state index is 0.0586. The first-order valence-corrected chi connectivity index (χ1v) is 42.7. The zero-order chi connectivity index (χ0) is 86.3. The second kappa shape index (κ2) is 43.0. The normalized spacial score (nSPS) is 17.2. The number of nitrogens with two attached hydrogens (primary N) is 4. The van der Waals surface area contributed by atoms with E-state index in [0.717, 1.165) is 31.7 Å². The number of ether oxygens (including phenoxy) is 1. The van der Waals surface area contributed by atoms with Crippen LogP contribution in [0.2, 0.25) is 5.02 Å². The number of aliphatic hydroxyl groups is 1. The number of urea groups is 1. The molecular formula is C80H104ClN19O17S2. The van der Waals surface area contributed by atoms with Gasteiger partial charge in [0.05, 0.1) is 19.8 Å². The summed E-state index contributed by atoms with van der Waals surface area (Å²) < 4.78 is 54.5. The van der Waals surface area contributed by atoms with E-state index < -0.39 is 170 Å². The van der Waals surface area contributed by atoms with Gasteiger partial charge in [-0.25, -0.2) is 36.8 Å². The number of nitrogens with zero attached hydrogens (tertiary/aromatic N) is 5. The lowest BCUT2D eigenvalue weighted by Crippen LogP contribution is -2.61. The highest BCUT2D eigenvalue weighted by molar-refractivity contribution is 7.89. The van der Waals surface area contributed by atoms with Gasteiger partial charge in [-0.15, -0.1) is 0 Å². The summed E-state index contributed by atoms with van der Waals surface area (Å²) in [6.45, 7) is 6.52. The number of morpholine rings is 1. The predicted molar refractivity (Wildman–Crippen MR) is 440 cm³/mol. The van der Waals surface area contributed by atoms with Crippen molar-refractivity contribution in [3.05, 3.63) is 184 Å². The number of amides is 12. The van der Waals surface area contributed by atoms with Crippen LogP contribution >= 0.6 is 11.6 Å². The van der Waals surface area contributed by atoms with Crippen LogP contribution in [0.15, 0.2) is 140 Å². The van der Waals surface area contributed by atoms with Crippen LogP contribution in [0.25, 0.3) is 10.8 Å². The Balaban J connectivity index is 1.02. The number of carbonyl (C=O) groups excluding carboxylic acids is 11. The summed E-state index contributed by atoms with van der Waals surface area (Å²) in [6, 6.07) is 20.2. The van der Waals surface area contributed by atoms with Gasteiger partial charge in [-0.1, -0.05) is 135 Å². The first-order chi connectivity index (χ1) is 56.5. The lowest BCUT2D eigenvalue weighted by molar-refractivity contribution is -0.142. The molecule has 3 fully saturated rings. The lowest BCUT2D eigenvalue weighted by Gasteiger charge is -2.31. The molecule has 0 bridgehead atoms. The van der Waals surface area contributed by atoms with Gasteiger partial charge in [0.25, 0.3) is 5.91 Å². The van der Waals surface area contributed by atoms with Gasteiger partial charge in [0, 0.05) is 88.8 Å². The molecule has 12 amide bonds. The molecule has 36 nitrogen and oxygen atoms in total. The Hall–Kier alpha value is -11.1. The van der Waals surface area contributed by atoms with Crippen LogP contribution in [0.5, 0.6) is 0 Å². The van der Waals surface area contributed by atoms with E-state index in [0.29, 0.717) is 72.1 Å². The number of guanidine groups is 1. The molecule has 0 spiro atoms. The van der Waals surface area contributed by atoms with Crippen molar-refractivity contribution in [1.29, 1.82) is 5.41 Å². The van der Waals surface area contributed by atoms with Gasteiger partial charge in [-0.2, -0.15) is 0 Å². The van der Waals surface area contributed by atoms with E-state index in [-0.39, 0.29) is 82.9 Å². The van der Waals surface area contributed by atoms with Crippen LogP contribution in [0.4, 0.5) is 4.79 Å². The summed E-state index contributed by atoms with van der Waals surface area (Å²) in [5, 5.41) is 55.8. The minimum atomic E-state index is -4.29. The largest absolute Gasteiger partial charge is 0.394 e. The highest BCUT2D eigenvalue weighted by atomic mass is 35.5. The third-order valence-electron chi connectivity index (χ3n) is 20.3. The van der Waals surface area contributed by atoms with Crippen molar-refractivity contribution < 1.29 is 79.4 Å². The fourth-order valence-corrected chi connectivity index (χ4v) is 15.9. The fraction of sp³-hybridized carbons (Fsp3) is 0.438. The first-order valence-electron chi connectivity index (χ1n) is 38.9. The number of hydrogen-bond acceptors (Lipinski definition) is 21. The molecule has 6 aromatic rings. The van der Waals surface area contributed by atoms with Crippen molar-refractivity contribution in [3.63, 3.8) is 0 Å². The molecule has 0 saturated carbocycles. The number of likely N-dealkylation sites (tertiary alicyclic amines) is 1. The Morgan fingerprint density at radius 3 is 1.71 bits per heavy atom. The highest BCUT2D eigenvalue weighted by Gasteiger charge is 2.46. The predicted octanol–water partition coefficient (Wildman–Crippen LogP) is -0.992. The topological polar surface area (TPSA) is 548 Å². The maximum Gasteiger partial charge on any atom is 0.325 e. The average Bonchev–Trinajstić information content (AvgIpc) is 1.65. The van der Waals surface area contributed by atoms with E-state index in [1.807, 2.05) is 54.6 Å². The number of hydrogen-bond donors (Lipinski definition) is 15. The van der Waals surface area contributed by atoms with E-state index in [9.17, 15) is 50.7 Å². The molecule has 0 radical (unpaired) electrons. The molecule has 5 aromatic carbocycles. The molecule has 19 N–H and O–H groups in total. The number of primary amides is 1. The van der Waals surface area contributed by atoms with Crippen LogP contribution in [0.3, 0.4) is 0 Å². The number of sulfonamides is 2. The van der Waals surface area contributed by atoms with Crippen molar-refractivity contribution in [2.75, 3.05) is 57.8 Å². The molecular weight excluding hydrogens is 1600 g/mol. The second-order valence-electron chi connectivity index (χ2n) is 30.3. The summed E-state index contributed by atoms with van der Waals surface area (Å²) in [6.07, 6.45) is 2.21. The lowest BCUT2D eigenvalue weighted by atomic mass is 9.99. The first kappa shape index (κ1) is 91.8. The van der Waals surface area contributed by atoms with Crippen LogP contribution in [0.1, 0.15) is 91.8 Å². The number of pyridine rings is 1. The van der Waals surface area contributed by atoms with Gasteiger partial charge in [0.2, 0.25) is 73.2 Å². The molecule has 3 saturated heterocycles. The van der Waals surface area contributed by atoms with Crippen molar-refractivity contribution in [1.82, 2.24) is 72.4 Å². The molecule has 4 heterocycles. The average molecular weight is 1700 g/mol. The summed E-state index contributed by atoms with van der Waals surface area (Å²) in [5.41, 5.74) is 14.6. The zero-order valence-electron chi connectivity index (χ0n) is 66.2. The van der Waals surface area contributed by atoms with Gasteiger partial charge in [0.1, 0.15) is 72.2 Å². The third-order valence-corrected chi connectivity index (χ3v) is 22.0. The molecule has 640 valence electrons. The minimum Gasteiger partial charge on any atom is -0.394 e. The summed E-state index contributed by atoms with van der Waals surface area (Å²) >= 11 is 6.28. The number of aromatic nitrogens is 1. The molecule has 3 aliphatic rings. The van der Waals surface area contributed by atoms with Crippen molar-refractivity contribution in [2.24, 2.45) is 27.7 Å². The number of imide groups is 1. The number of primary sulfonamides is 2. The monoisotopic (exact) mass is 1700 g/mol. The van der Waals surface area contributed by atoms with Crippen LogP contribution in [-0.4, -0.2) is 236 Å². The van der Waals surface area contributed by atoms with E-state index in [1.165, 1.54) is 48.5 Å². The number of carbonyl (C=O) groups is 11. The van der Waals surface area contributed by atoms with Crippen LogP contribution in [-0.2, 0) is 118 Å². The van der Waals surface area contributed by atoms with Gasteiger partial charge in [-0.05, 0) is 113 Å². The second-order valence-corrected chi connectivity index (χ2v) is 33.9. The van der Waals surface area contributed by atoms with Gasteiger partial charge < -0.3 is 74.1 Å². The zero-order valence-corrected chi connectivity index (χ0v) is 68.6. The van der Waals surface area contributed by atoms with Crippen molar-refractivity contribution in [2.45, 2.75) is 158 Å². The summed E-state index contributed by atoms with van der Waals surface area (Å²) in [4.78, 5) is 170. The van der Waals surface area contributed by atoms with Gasteiger partial charge >= 0.3 is 6.03 Å². The number of nitrogens with one attached hydrogen (secondary N) is 10. The summed E-state index contributed by atoms with van der Waals surface area (Å²) in [7, 11) is -8.58. The Labute approximate surface area is 694 Å². The molecule has 119 heavy (non-hydrogen) atoms. The number of fused-ring (bicyclic) bond motifs is 1. The van der Waals surface area contributed by atoms with Crippen molar-refractivity contribution >= 4 is 113 Å². The summed E-state index contributed by atoms with van der Waals surface area (Å²) in [5.74, 6) is -11.5. The highest BCUT2D eigenvalue weighted by Crippen LogP contribution is 2.25. The Morgan fingerprint density at radius 2 is 1.14 bits per heavy atom. The quantitative estimate of drug-likeness (QED) is 0.00947. The van der Waals surface area contributed by atoms with E-state index >= 15 is 24.0 Å².